The zero-order valence-electron chi connectivity index (χ0n) is 8.02. The second kappa shape index (κ2) is 5.52. The lowest BCUT2D eigenvalue weighted by Crippen LogP contribution is -2.50. The number of nitrogens with two attached hydrogens (primary N) is 1. The van der Waals surface area contributed by atoms with Crippen LogP contribution in [-0.2, 0) is 0 Å². The monoisotopic (exact) mass is 159 g/mol. The molecule has 11 heavy (non-hydrogen) atoms. The van der Waals surface area contributed by atoms with Crippen molar-refractivity contribution in [2.75, 3.05) is 6.67 Å². The first kappa shape index (κ1) is 10.9. The topological polar surface area (TPSA) is 50.1 Å². The van der Waals surface area contributed by atoms with Crippen LogP contribution >= 0.6 is 0 Å². The van der Waals surface area contributed by atoms with Crippen LogP contribution in [-0.4, -0.2) is 18.9 Å². The van der Waals surface area contributed by atoms with Gasteiger partial charge in [-0.05, 0) is 19.8 Å². The maximum atomic E-state index is 5.39. The fourth-order valence-corrected chi connectivity index (χ4v) is 0.973. The summed E-state index contributed by atoms with van der Waals surface area (Å²) in [5, 5.41) is 6.57. The Hall–Kier alpha value is -0.120. The van der Waals surface area contributed by atoms with Crippen LogP contribution in [0.4, 0.5) is 0 Å². The lowest BCUT2D eigenvalue weighted by atomic mass is 10.1. The molecule has 0 fully saturated rings. The molecule has 0 spiro atoms. The highest BCUT2D eigenvalue weighted by Crippen LogP contribution is 1.98. The fourth-order valence-electron chi connectivity index (χ4n) is 0.973. The van der Waals surface area contributed by atoms with Crippen molar-refractivity contribution in [2.24, 2.45) is 11.7 Å². The Morgan fingerprint density at radius 3 is 2.00 bits per heavy atom. The molecule has 0 saturated heterocycles. The van der Waals surface area contributed by atoms with Crippen molar-refractivity contribution < 1.29 is 0 Å². The normalized spacial score (nSPS) is 14.5. The predicted octanol–water partition coefficient (Wildman–Crippen LogP) is 0.472. The molecule has 4 N–H and O–H groups in total. The molecular weight excluding hydrogens is 138 g/mol. The minimum Gasteiger partial charge on any atom is -0.318 e. The van der Waals surface area contributed by atoms with E-state index in [0.29, 0.717) is 24.8 Å². The van der Waals surface area contributed by atoms with Crippen molar-refractivity contribution in [1.29, 1.82) is 0 Å². The quantitative estimate of drug-likeness (QED) is 0.511. The summed E-state index contributed by atoms with van der Waals surface area (Å²) in [6, 6.07) is 0.501. The molecule has 3 heteroatoms. The van der Waals surface area contributed by atoms with E-state index in [0.717, 1.165) is 0 Å². The summed E-state index contributed by atoms with van der Waals surface area (Å²) in [5.41, 5.74) is 5.39. The molecule has 1 unspecified atom stereocenters. The van der Waals surface area contributed by atoms with Gasteiger partial charge < -0.3 is 5.73 Å². The van der Waals surface area contributed by atoms with Crippen molar-refractivity contribution in [3.8, 4) is 0 Å². The summed E-state index contributed by atoms with van der Waals surface area (Å²) in [4.78, 5) is 0. The van der Waals surface area contributed by atoms with Gasteiger partial charge in [-0.25, -0.2) is 0 Å². The summed E-state index contributed by atoms with van der Waals surface area (Å²) in [5.74, 6) is 0.570. The molecule has 0 amide bonds. The third-order valence-corrected chi connectivity index (χ3v) is 1.52. The molecule has 0 saturated carbocycles. The summed E-state index contributed by atoms with van der Waals surface area (Å²) < 4.78 is 0. The van der Waals surface area contributed by atoms with E-state index in [1.807, 2.05) is 0 Å². The smallest absolute Gasteiger partial charge is 0.0607 e. The fraction of sp³-hybridized carbons (Fsp3) is 1.00. The molecule has 0 aromatic heterocycles. The number of hydrogen-bond acceptors (Lipinski definition) is 3. The summed E-state index contributed by atoms with van der Waals surface area (Å²) in [6.45, 7) is 9.13. The molecule has 0 aliphatic heterocycles. The first-order valence-corrected chi connectivity index (χ1v) is 4.27. The van der Waals surface area contributed by atoms with E-state index in [4.69, 9.17) is 5.73 Å². The highest BCUT2D eigenvalue weighted by molar-refractivity contribution is 4.68. The second-order valence-corrected chi connectivity index (χ2v) is 3.45. The minimum absolute atomic E-state index is 0.333. The van der Waals surface area contributed by atoms with Gasteiger partial charge in [-0.1, -0.05) is 13.8 Å². The van der Waals surface area contributed by atoms with Crippen molar-refractivity contribution in [3.05, 3.63) is 0 Å². The zero-order chi connectivity index (χ0) is 8.85. The Morgan fingerprint density at radius 1 is 1.18 bits per heavy atom. The predicted molar refractivity (Wildman–Crippen MR) is 49.1 cm³/mol. The van der Waals surface area contributed by atoms with E-state index < -0.39 is 0 Å². The maximum absolute atomic E-state index is 5.39. The van der Waals surface area contributed by atoms with E-state index in [1.165, 1.54) is 0 Å². The molecule has 0 bridgehead atoms. The van der Waals surface area contributed by atoms with Crippen LogP contribution in [0.3, 0.4) is 0 Å². The highest BCUT2D eigenvalue weighted by Gasteiger charge is 2.11. The van der Waals surface area contributed by atoms with Crippen LogP contribution in [0.2, 0.25) is 0 Å². The summed E-state index contributed by atoms with van der Waals surface area (Å²) in [6.07, 6.45) is 0.333. The number of nitrogens with one attached hydrogen (secondary N) is 2. The van der Waals surface area contributed by atoms with Gasteiger partial charge in [0.1, 0.15) is 0 Å². The van der Waals surface area contributed by atoms with Gasteiger partial charge in [-0.15, -0.1) is 0 Å². The van der Waals surface area contributed by atoms with Crippen molar-refractivity contribution in [3.63, 3.8) is 0 Å². The molecule has 1 atom stereocenters. The first-order valence-electron chi connectivity index (χ1n) is 4.27. The summed E-state index contributed by atoms with van der Waals surface area (Å²) >= 11 is 0. The van der Waals surface area contributed by atoms with Gasteiger partial charge >= 0.3 is 0 Å². The van der Waals surface area contributed by atoms with Gasteiger partial charge in [0.05, 0.1) is 6.17 Å². The molecule has 3 nitrogen and oxygen atoms in total. The standard InChI is InChI=1S/C8H21N3/c1-6(2)8(10-5-9)11-7(3)4/h6-8,10-11H,5,9H2,1-4H3. The van der Waals surface area contributed by atoms with Gasteiger partial charge in [0.25, 0.3) is 0 Å². The molecule has 0 aromatic carbocycles. The van der Waals surface area contributed by atoms with Crippen molar-refractivity contribution in [1.82, 2.24) is 10.6 Å². The lowest BCUT2D eigenvalue weighted by molar-refractivity contribution is 0.316. The average Bonchev–Trinajstić information content (AvgIpc) is 1.86. The highest BCUT2D eigenvalue weighted by atomic mass is 15.2. The van der Waals surface area contributed by atoms with E-state index in [2.05, 4.69) is 38.3 Å². The Labute approximate surface area is 69.7 Å². The van der Waals surface area contributed by atoms with Crippen LogP contribution in [0.25, 0.3) is 0 Å². The SMILES string of the molecule is CC(C)NC(NCN)C(C)C. The van der Waals surface area contributed by atoms with Crippen LogP contribution in [0.5, 0.6) is 0 Å². The van der Waals surface area contributed by atoms with Crippen LogP contribution in [0.15, 0.2) is 0 Å². The average molecular weight is 159 g/mol. The second-order valence-electron chi connectivity index (χ2n) is 3.45. The van der Waals surface area contributed by atoms with Crippen LogP contribution < -0.4 is 16.4 Å². The molecule has 0 aliphatic carbocycles. The molecular formula is C8H21N3. The van der Waals surface area contributed by atoms with Crippen LogP contribution in [0, 0.1) is 5.92 Å². The Morgan fingerprint density at radius 2 is 1.73 bits per heavy atom. The Bertz CT molecular complexity index is 91.3. The number of hydrogen-bond donors (Lipinski definition) is 3. The summed E-state index contributed by atoms with van der Waals surface area (Å²) in [7, 11) is 0. The molecule has 68 valence electrons. The van der Waals surface area contributed by atoms with Crippen LogP contribution in [0.1, 0.15) is 27.7 Å². The van der Waals surface area contributed by atoms with Gasteiger partial charge in [0.2, 0.25) is 0 Å². The Kier molecular flexibility index (Phi) is 5.46. The van der Waals surface area contributed by atoms with E-state index in [9.17, 15) is 0 Å². The third kappa shape index (κ3) is 5.18. The van der Waals surface area contributed by atoms with E-state index in [-0.39, 0.29) is 0 Å². The van der Waals surface area contributed by atoms with Crippen molar-refractivity contribution in [2.45, 2.75) is 39.9 Å². The van der Waals surface area contributed by atoms with Gasteiger partial charge in [-0.2, -0.15) is 0 Å². The van der Waals surface area contributed by atoms with Gasteiger partial charge in [0, 0.05) is 12.7 Å². The van der Waals surface area contributed by atoms with Gasteiger partial charge in [0.15, 0.2) is 0 Å². The lowest BCUT2D eigenvalue weighted by Gasteiger charge is -2.25. The molecule has 0 radical (unpaired) electrons. The minimum atomic E-state index is 0.333. The van der Waals surface area contributed by atoms with E-state index >= 15 is 0 Å². The molecule has 0 aromatic rings. The molecule has 0 rings (SSSR count). The third-order valence-electron chi connectivity index (χ3n) is 1.52. The Balaban J connectivity index is 3.69. The maximum Gasteiger partial charge on any atom is 0.0607 e. The molecule has 0 aliphatic rings. The largest absolute Gasteiger partial charge is 0.318 e. The van der Waals surface area contributed by atoms with Crippen molar-refractivity contribution >= 4 is 0 Å². The first-order chi connectivity index (χ1) is 5.07. The van der Waals surface area contributed by atoms with Gasteiger partial charge in [-0.3, -0.25) is 10.6 Å². The zero-order valence-corrected chi connectivity index (χ0v) is 8.02. The molecule has 0 heterocycles. The van der Waals surface area contributed by atoms with E-state index in [1.54, 1.807) is 0 Å². The number of rotatable bonds is 5.